The van der Waals surface area contributed by atoms with Crippen LogP contribution in [0.15, 0.2) is 29.2 Å². The second-order valence-electron chi connectivity index (χ2n) is 4.48. The van der Waals surface area contributed by atoms with E-state index in [-0.39, 0.29) is 10.6 Å². The van der Waals surface area contributed by atoms with Crippen LogP contribution in [0.2, 0.25) is 0 Å². The van der Waals surface area contributed by atoms with Gasteiger partial charge in [0.15, 0.2) is 0 Å². The third kappa shape index (κ3) is 3.20. The van der Waals surface area contributed by atoms with Crippen LogP contribution in [0.25, 0.3) is 0 Å². The van der Waals surface area contributed by atoms with Crippen LogP contribution < -0.4 is 4.72 Å². The average molecular weight is 255 g/mol. The van der Waals surface area contributed by atoms with Crippen molar-refractivity contribution in [3.8, 4) is 5.75 Å². The average Bonchev–Trinajstić information content (AvgIpc) is 2.22. The molecule has 0 heterocycles. The predicted octanol–water partition coefficient (Wildman–Crippen LogP) is 1.86. The lowest BCUT2D eigenvalue weighted by molar-refractivity contribution is 0.297. The summed E-state index contributed by atoms with van der Waals surface area (Å²) >= 11 is 0. The fraction of sp³-hybridized carbons (Fsp3) is 0.500. The van der Waals surface area contributed by atoms with Gasteiger partial charge in [0.1, 0.15) is 5.75 Å². The lowest BCUT2D eigenvalue weighted by atomic mass is 9.83. The molecule has 1 aliphatic rings. The number of nitrogens with one attached hydrogen (secondary N) is 1. The van der Waals surface area contributed by atoms with Crippen LogP contribution in [0.1, 0.15) is 25.7 Å². The number of benzene rings is 1. The zero-order chi connectivity index (χ0) is 12.3. The molecule has 0 radical (unpaired) electrons. The van der Waals surface area contributed by atoms with Crippen LogP contribution in [-0.2, 0) is 10.0 Å². The lowest BCUT2D eigenvalue weighted by Gasteiger charge is -2.25. The summed E-state index contributed by atoms with van der Waals surface area (Å²) in [7, 11) is -3.42. The van der Waals surface area contributed by atoms with Gasteiger partial charge in [0.05, 0.1) is 4.90 Å². The summed E-state index contributed by atoms with van der Waals surface area (Å²) in [6, 6.07) is 5.56. The van der Waals surface area contributed by atoms with Gasteiger partial charge in [-0.15, -0.1) is 0 Å². The van der Waals surface area contributed by atoms with Crippen LogP contribution in [0.3, 0.4) is 0 Å². The van der Waals surface area contributed by atoms with Crippen LogP contribution in [0, 0.1) is 5.92 Å². The summed E-state index contributed by atoms with van der Waals surface area (Å²) in [5, 5.41) is 9.10. The summed E-state index contributed by atoms with van der Waals surface area (Å²) < 4.78 is 26.3. The largest absolute Gasteiger partial charge is 0.508 e. The molecule has 0 spiro atoms. The van der Waals surface area contributed by atoms with Crippen LogP contribution >= 0.6 is 0 Å². The third-order valence-corrected chi connectivity index (χ3v) is 4.69. The molecule has 1 fully saturated rings. The van der Waals surface area contributed by atoms with Crippen molar-refractivity contribution in [3.63, 3.8) is 0 Å². The zero-order valence-corrected chi connectivity index (χ0v) is 10.4. The number of phenols is 1. The molecule has 1 aliphatic carbocycles. The molecule has 1 saturated carbocycles. The van der Waals surface area contributed by atoms with Crippen LogP contribution in [0.5, 0.6) is 5.75 Å². The van der Waals surface area contributed by atoms with Gasteiger partial charge in [0.2, 0.25) is 10.0 Å². The molecule has 94 valence electrons. The molecule has 2 N–H and O–H groups in total. The van der Waals surface area contributed by atoms with Crippen LogP contribution in [0.4, 0.5) is 0 Å². The summed E-state index contributed by atoms with van der Waals surface area (Å²) in [5.74, 6) is 0.760. The van der Waals surface area contributed by atoms with E-state index in [0.717, 1.165) is 6.42 Å². The van der Waals surface area contributed by atoms with E-state index in [1.807, 2.05) is 0 Å². The molecule has 5 heteroatoms. The number of aromatic hydroxyl groups is 1. The molecule has 0 bridgehead atoms. The molecule has 4 nitrogen and oxygen atoms in total. The number of hydrogen-bond donors (Lipinski definition) is 2. The topological polar surface area (TPSA) is 66.4 Å². The fourth-order valence-corrected chi connectivity index (χ4v) is 2.94. The van der Waals surface area contributed by atoms with E-state index < -0.39 is 10.0 Å². The molecule has 1 aromatic carbocycles. The van der Waals surface area contributed by atoms with Crippen molar-refractivity contribution in [1.29, 1.82) is 0 Å². The Bertz CT molecular complexity index is 463. The quantitative estimate of drug-likeness (QED) is 0.844. The van der Waals surface area contributed by atoms with Gasteiger partial charge in [-0.2, -0.15) is 0 Å². The van der Waals surface area contributed by atoms with Crippen molar-refractivity contribution < 1.29 is 13.5 Å². The first kappa shape index (κ1) is 12.4. The van der Waals surface area contributed by atoms with Gasteiger partial charge in [0.25, 0.3) is 0 Å². The maximum atomic E-state index is 11.8. The highest BCUT2D eigenvalue weighted by Crippen LogP contribution is 2.28. The van der Waals surface area contributed by atoms with E-state index in [4.69, 9.17) is 5.11 Å². The lowest BCUT2D eigenvalue weighted by Crippen LogP contribution is -2.27. The van der Waals surface area contributed by atoms with Crippen molar-refractivity contribution >= 4 is 10.0 Å². The first-order valence-electron chi connectivity index (χ1n) is 5.86. The molecule has 0 aliphatic heterocycles. The summed E-state index contributed by atoms with van der Waals surface area (Å²) in [6.45, 7) is 0.494. The maximum Gasteiger partial charge on any atom is 0.240 e. The van der Waals surface area contributed by atoms with Crippen molar-refractivity contribution in [2.45, 2.75) is 30.6 Å². The molecule has 0 amide bonds. The Hall–Kier alpha value is -1.07. The number of sulfonamides is 1. The van der Waals surface area contributed by atoms with Gasteiger partial charge in [-0.3, -0.25) is 0 Å². The minimum absolute atomic E-state index is 0.0680. The highest BCUT2D eigenvalue weighted by Gasteiger charge is 2.19. The second-order valence-corrected chi connectivity index (χ2v) is 6.24. The summed E-state index contributed by atoms with van der Waals surface area (Å²) in [4.78, 5) is 0.198. The summed E-state index contributed by atoms with van der Waals surface area (Å²) in [6.07, 6.45) is 4.63. The molecule has 0 atom stereocenters. The molecule has 0 unspecified atom stereocenters. The third-order valence-electron chi connectivity index (χ3n) is 3.22. The zero-order valence-electron chi connectivity index (χ0n) is 9.59. The van der Waals surface area contributed by atoms with Gasteiger partial charge in [-0.05, 0) is 36.6 Å². The first-order chi connectivity index (χ1) is 8.08. The Labute approximate surface area is 102 Å². The smallest absolute Gasteiger partial charge is 0.240 e. The molecule has 2 rings (SSSR count). The van der Waals surface area contributed by atoms with E-state index in [2.05, 4.69) is 4.72 Å². The van der Waals surface area contributed by atoms with Gasteiger partial charge in [-0.1, -0.05) is 19.3 Å². The molecular formula is C12H17NO3S. The van der Waals surface area contributed by atoms with Gasteiger partial charge in [0, 0.05) is 6.54 Å². The molecule has 1 aromatic rings. The Kier molecular flexibility index (Phi) is 3.69. The number of rotatable bonds is 5. The normalized spacial score (nSPS) is 16.7. The monoisotopic (exact) mass is 255 g/mol. The fourth-order valence-electron chi connectivity index (χ4n) is 1.89. The first-order valence-corrected chi connectivity index (χ1v) is 7.35. The highest BCUT2D eigenvalue weighted by molar-refractivity contribution is 7.89. The van der Waals surface area contributed by atoms with E-state index in [9.17, 15) is 8.42 Å². The van der Waals surface area contributed by atoms with Crippen molar-refractivity contribution in [1.82, 2.24) is 4.72 Å². The molecule has 0 saturated heterocycles. The van der Waals surface area contributed by atoms with Crippen molar-refractivity contribution in [2.75, 3.05) is 6.54 Å². The number of phenolic OH excluding ortho intramolecular Hbond substituents is 1. The Morgan fingerprint density at radius 3 is 2.41 bits per heavy atom. The Morgan fingerprint density at radius 1 is 1.24 bits per heavy atom. The molecule has 17 heavy (non-hydrogen) atoms. The van der Waals surface area contributed by atoms with E-state index in [0.29, 0.717) is 12.5 Å². The van der Waals surface area contributed by atoms with E-state index >= 15 is 0 Å². The minimum Gasteiger partial charge on any atom is -0.508 e. The maximum absolute atomic E-state index is 11.8. The van der Waals surface area contributed by atoms with E-state index in [1.165, 1.54) is 43.5 Å². The Balaban J connectivity index is 1.91. The SMILES string of the molecule is O=S(=O)(NCCC1CCC1)c1ccc(O)cc1. The van der Waals surface area contributed by atoms with Gasteiger partial charge >= 0.3 is 0 Å². The van der Waals surface area contributed by atoms with Crippen molar-refractivity contribution in [3.05, 3.63) is 24.3 Å². The van der Waals surface area contributed by atoms with Gasteiger partial charge < -0.3 is 5.11 Å². The summed E-state index contributed by atoms with van der Waals surface area (Å²) in [5.41, 5.74) is 0. The van der Waals surface area contributed by atoms with Gasteiger partial charge in [-0.25, -0.2) is 13.1 Å². The van der Waals surface area contributed by atoms with Crippen LogP contribution in [-0.4, -0.2) is 20.1 Å². The Morgan fingerprint density at radius 2 is 1.88 bits per heavy atom. The minimum atomic E-state index is -3.42. The molecular weight excluding hydrogens is 238 g/mol. The molecule has 0 aromatic heterocycles. The predicted molar refractivity (Wildman–Crippen MR) is 65.3 cm³/mol. The van der Waals surface area contributed by atoms with Crippen molar-refractivity contribution in [2.24, 2.45) is 5.92 Å². The van der Waals surface area contributed by atoms with E-state index in [1.54, 1.807) is 0 Å². The standard InChI is InChI=1S/C12H17NO3S/c14-11-4-6-12(7-5-11)17(15,16)13-9-8-10-2-1-3-10/h4-7,10,13-14H,1-3,8-9H2. The number of hydrogen-bond acceptors (Lipinski definition) is 3. The second kappa shape index (κ2) is 5.06. The highest BCUT2D eigenvalue weighted by atomic mass is 32.2.